The predicted molar refractivity (Wildman–Crippen MR) is 129 cm³/mol. The van der Waals surface area contributed by atoms with Crippen LogP contribution in [0.4, 0.5) is 17.1 Å². The van der Waals surface area contributed by atoms with E-state index in [2.05, 4.69) is 15.5 Å². The first-order valence-corrected chi connectivity index (χ1v) is 10.5. The van der Waals surface area contributed by atoms with E-state index in [1.165, 1.54) is 12.1 Å². The van der Waals surface area contributed by atoms with Gasteiger partial charge in [-0.05, 0) is 30.0 Å². The molecule has 0 radical (unpaired) electrons. The van der Waals surface area contributed by atoms with Gasteiger partial charge in [-0.3, -0.25) is 19.7 Å². The van der Waals surface area contributed by atoms with Crippen LogP contribution in [0.15, 0.2) is 101 Å². The summed E-state index contributed by atoms with van der Waals surface area (Å²) in [5, 5.41) is 23.8. The number of amides is 1. The van der Waals surface area contributed by atoms with Gasteiger partial charge in [0.05, 0.1) is 4.92 Å². The molecule has 4 rings (SSSR count). The minimum atomic E-state index is -1.54. The molecule has 0 aliphatic heterocycles. The van der Waals surface area contributed by atoms with Gasteiger partial charge in [0.25, 0.3) is 11.6 Å². The number of rotatable bonds is 7. The predicted octanol–water partition coefficient (Wildman–Crippen LogP) is 6.03. The highest BCUT2D eigenvalue weighted by atomic mass is 16.6. The second-order valence-electron chi connectivity index (χ2n) is 7.61. The minimum Gasteiger partial charge on any atom is -0.323 e. The monoisotopic (exact) mass is 452 g/mol. The van der Waals surface area contributed by atoms with Gasteiger partial charge in [0.15, 0.2) is 11.5 Å². The SMILES string of the molecule is Cc1ccc(N=NC(C(=O)Nc2cccc3ccccc23)C(=O)c2ccccc2)c([N+](=O)[O-])c1. The summed E-state index contributed by atoms with van der Waals surface area (Å²) < 4.78 is 0. The zero-order valence-electron chi connectivity index (χ0n) is 18.2. The third-order valence-corrected chi connectivity index (χ3v) is 5.21. The first-order chi connectivity index (χ1) is 16.4. The van der Waals surface area contributed by atoms with Gasteiger partial charge in [0.2, 0.25) is 6.04 Å². The van der Waals surface area contributed by atoms with Crippen LogP contribution in [0.2, 0.25) is 0 Å². The lowest BCUT2D eigenvalue weighted by Gasteiger charge is -2.13. The first kappa shape index (κ1) is 22.5. The number of nitrogens with one attached hydrogen (secondary N) is 1. The van der Waals surface area contributed by atoms with Crippen molar-refractivity contribution in [2.24, 2.45) is 10.2 Å². The van der Waals surface area contributed by atoms with Crippen molar-refractivity contribution in [3.8, 4) is 0 Å². The van der Waals surface area contributed by atoms with Crippen LogP contribution in [-0.4, -0.2) is 22.7 Å². The molecule has 34 heavy (non-hydrogen) atoms. The third-order valence-electron chi connectivity index (χ3n) is 5.21. The maximum absolute atomic E-state index is 13.2. The lowest BCUT2D eigenvalue weighted by atomic mass is 10.0. The lowest BCUT2D eigenvalue weighted by molar-refractivity contribution is -0.384. The standard InChI is InChI=1S/C26H20N4O4/c1-17-14-15-22(23(16-17)30(33)34)28-29-24(25(31)19-9-3-2-4-10-19)26(32)27-21-13-7-11-18-8-5-6-12-20(18)21/h2-16,24H,1H3,(H,27,32). The summed E-state index contributed by atoms with van der Waals surface area (Å²) in [6, 6.07) is 24.1. The number of carbonyl (C=O) groups excluding carboxylic acids is 2. The highest BCUT2D eigenvalue weighted by Gasteiger charge is 2.28. The van der Waals surface area contributed by atoms with Crippen molar-refractivity contribution in [2.75, 3.05) is 5.32 Å². The Morgan fingerprint density at radius 3 is 2.38 bits per heavy atom. The maximum atomic E-state index is 13.2. The first-order valence-electron chi connectivity index (χ1n) is 10.5. The second-order valence-corrected chi connectivity index (χ2v) is 7.61. The Morgan fingerprint density at radius 1 is 0.912 bits per heavy atom. The van der Waals surface area contributed by atoms with Crippen LogP contribution in [0, 0.1) is 17.0 Å². The van der Waals surface area contributed by atoms with E-state index in [0.29, 0.717) is 11.3 Å². The number of ketones is 1. The summed E-state index contributed by atoms with van der Waals surface area (Å²) in [6.07, 6.45) is 0. The number of benzene rings is 4. The highest BCUT2D eigenvalue weighted by molar-refractivity contribution is 6.18. The van der Waals surface area contributed by atoms with Crippen molar-refractivity contribution >= 4 is 39.5 Å². The molecule has 1 amide bonds. The van der Waals surface area contributed by atoms with Crippen molar-refractivity contribution in [3.63, 3.8) is 0 Å². The van der Waals surface area contributed by atoms with Crippen molar-refractivity contribution in [1.82, 2.24) is 0 Å². The summed E-state index contributed by atoms with van der Waals surface area (Å²) in [5.74, 6) is -1.26. The number of Topliss-reactive ketones (excluding diaryl/α,β-unsaturated/α-hetero) is 1. The molecular formula is C26H20N4O4. The summed E-state index contributed by atoms with van der Waals surface area (Å²) in [5.41, 5.74) is 1.17. The number of carbonyl (C=O) groups is 2. The molecule has 0 heterocycles. The molecule has 1 atom stereocenters. The van der Waals surface area contributed by atoms with Gasteiger partial charge in [0.1, 0.15) is 0 Å². The van der Waals surface area contributed by atoms with E-state index in [1.54, 1.807) is 55.5 Å². The number of aryl methyl sites for hydroxylation is 1. The Morgan fingerprint density at radius 2 is 1.62 bits per heavy atom. The van der Waals surface area contributed by atoms with Crippen molar-refractivity contribution < 1.29 is 14.5 Å². The van der Waals surface area contributed by atoms with Gasteiger partial charge in [-0.2, -0.15) is 5.11 Å². The second kappa shape index (κ2) is 9.83. The van der Waals surface area contributed by atoms with E-state index in [0.717, 1.165) is 10.8 Å². The Labute approximate surface area is 195 Å². The molecule has 8 heteroatoms. The summed E-state index contributed by atoms with van der Waals surface area (Å²) in [4.78, 5) is 37.3. The van der Waals surface area contributed by atoms with Gasteiger partial charge in [-0.15, -0.1) is 5.11 Å². The van der Waals surface area contributed by atoms with Crippen LogP contribution < -0.4 is 5.32 Å². The zero-order valence-corrected chi connectivity index (χ0v) is 18.2. The molecule has 0 fully saturated rings. The average molecular weight is 452 g/mol. The maximum Gasteiger partial charge on any atom is 0.296 e. The molecule has 0 aliphatic rings. The molecule has 0 aromatic heterocycles. The quantitative estimate of drug-likeness (QED) is 0.121. The highest BCUT2D eigenvalue weighted by Crippen LogP contribution is 2.29. The lowest BCUT2D eigenvalue weighted by Crippen LogP contribution is -2.33. The van der Waals surface area contributed by atoms with E-state index >= 15 is 0 Å². The number of hydrogen-bond donors (Lipinski definition) is 1. The van der Waals surface area contributed by atoms with E-state index in [4.69, 9.17) is 0 Å². The topological polar surface area (TPSA) is 114 Å². The van der Waals surface area contributed by atoms with Crippen molar-refractivity contribution in [2.45, 2.75) is 13.0 Å². The third kappa shape index (κ3) is 4.86. The Hall–Kier alpha value is -4.72. The molecule has 0 spiro atoms. The fourth-order valence-corrected chi connectivity index (χ4v) is 3.50. The van der Waals surface area contributed by atoms with Crippen molar-refractivity contribution in [1.29, 1.82) is 0 Å². The fourth-order valence-electron chi connectivity index (χ4n) is 3.50. The van der Waals surface area contributed by atoms with E-state index in [1.807, 2.05) is 30.3 Å². The molecule has 0 saturated carbocycles. The molecule has 8 nitrogen and oxygen atoms in total. The number of hydrogen-bond acceptors (Lipinski definition) is 6. The van der Waals surface area contributed by atoms with Gasteiger partial charge >= 0.3 is 0 Å². The molecule has 1 unspecified atom stereocenters. The normalized spacial score (nSPS) is 11.9. The van der Waals surface area contributed by atoms with E-state index in [9.17, 15) is 19.7 Å². The van der Waals surface area contributed by atoms with Crippen molar-refractivity contribution in [3.05, 3.63) is 112 Å². The van der Waals surface area contributed by atoms with Crippen LogP contribution in [0.5, 0.6) is 0 Å². The molecule has 4 aromatic carbocycles. The number of nitro benzene ring substituents is 1. The molecule has 1 N–H and O–H groups in total. The van der Waals surface area contributed by atoms with E-state index in [-0.39, 0.29) is 16.9 Å². The fraction of sp³-hybridized carbons (Fsp3) is 0.0769. The van der Waals surface area contributed by atoms with Crippen LogP contribution >= 0.6 is 0 Å². The smallest absolute Gasteiger partial charge is 0.296 e. The summed E-state index contributed by atoms with van der Waals surface area (Å²) in [7, 11) is 0. The van der Waals surface area contributed by atoms with Gasteiger partial charge < -0.3 is 5.32 Å². The Balaban J connectivity index is 1.71. The number of nitro groups is 1. The number of fused-ring (bicyclic) bond motifs is 1. The van der Waals surface area contributed by atoms with Crippen LogP contribution in [-0.2, 0) is 4.79 Å². The largest absolute Gasteiger partial charge is 0.323 e. The molecule has 0 aliphatic carbocycles. The van der Waals surface area contributed by atoms with Gasteiger partial charge in [0, 0.05) is 22.7 Å². The van der Waals surface area contributed by atoms with E-state index < -0.39 is 22.7 Å². The molecule has 0 bridgehead atoms. The van der Waals surface area contributed by atoms with Crippen LogP contribution in [0.1, 0.15) is 15.9 Å². The molecular weight excluding hydrogens is 432 g/mol. The molecule has 0 saturated heterocycles. The molecule has 168 valence electrons. The minimum absolute atomic E-state index is 0.0422. The summed E-state index contributed by atoms with van der Waals surface area (Å²) >= 11 is 0. The average Bonchev–Trinajstić information content (AvgIpc) is 2.85. The van der Waals surface area contributed by atoms with Gasteiger partial charge in [-0.1, -0.05) is 72.8 Å². The van der Waals surface area contributed by atoms with Gasteiger partial charge in [-0.25, -0.2) is 0 Å². The number of anilines is 1. The number of nitrogens with zero attached hydrogens (tertiary/aromatic N) is 3. The van der Waals surface area contributed by atoms with Crippen LogP contribution in [0.3, 0.4) is 0 Å². The Bertz CT molecular complexity index is 1410. The molecule has 4 aromatic rings. The Kier molecular flexibility index (Phi) is 6.49. The van der Waals surface area contributed by atoms with Crippen LogP contribution in [0.25, 0.3) is 10.8 Å². The number of azo groups is 1. The summed E-state index contributed by atoms with van der Waals surface area (Å²) in [6.45, 7) is 1.72. The zero-order chi connectivity index (χ0) is 24.1.